The van der Waals surface area contributed by atoms with Gasteiger partial charge in [-0.25, -0.2) is 4.39 Å². The molecule has 0 saturated carbocycles. The van der Waals surface area contributed by atoms with Gasteiger partial charge in [0, 0.05) is 36.3 Å². The van der Waals surface area contributed by atoms with Crippen LogP contribution in [0.25, 0.3) is 0 Å². The van der Waals surface area contributed by atoms with Gasteiger partial charge in [0.2, 0.25) is 5.91 Å². The number of halogens is 2. The maximum atomic E-state index is 13.4. The molecule has 1 aliphatic rings. The van der Waals surface area contributed by atoms with Crippen molar-refractivity contribution in [2.45, 2.75) is 17.5 Å². The topological polar surface area (TPSA) is 40.6 Å². The molecular weight excluding hydrogens is 387 g/mol. The number of hydrogen-bond acceptors (Lipinski definition) is 3. The van der Waals surface area contributed by atoms with E-state index in [1.807, 2.05) is 31.2 Å². The first-order chi connectivity index (χ1) is 12.9. The molecule has 0 radical (unpaired) electrons. The Morgan fingerprint density at radius 3 is 2.70 bits per heavy atom. The number of hydrogen-bond donors (Lipinski definition) is 0. The summed E-state index contributed by atoms with van der Waals surface area (Å²) in [4.78, 5) is 28.3. The van der Waals surface area contributed by atoms with Crippen LogP contribution in [-0.4, -0.2) is 47.0 Å². The van der Waals surface area contributed by atoms with Crippen molar-refractivity contribution in [2.75, 3.05) is 20.1 Å². The van der Waals surface area contributed by atoms with Crippen LogP contribution in [0, 0.1) is 5.82 Å². The van der Waals surface area contributed by atoms with Crippen molar-refractivity contribution < 1.29 is 14.0 Å². The van der Waals surface area contributed by atoms with E-state index in [1.54, 1.807) is 29.8 Å². The lowest BCUT2D eigenvalue weighted by molar-refractivity contribution is -0.129. The molecule has 1 saturated heterocycles. The highest BCUT2D eigenvalue weighted by molar-refractivity contribution is 8.01. The van der Waals surface area contributed by atoms with Crippen LogP contribution in [0.2, 0.25) is 5.02 Å². The third kappa shape index (κ3) is 4.28. The summed E-state index contributed by atoms with van der Waals surface area (Å²) in [5, 5.41) is 0.264. The Balaban J connectivity index is 1.72. The van der Waals surface area contributed by atoms with Gasteiger partial charge in [-0.3, -0.25) is 9.59 Å². The molecular formula is C20H20ClFN2O2S. The van der Waals surface area contributed by atoms with Gasteiger partial charge < -0.3 is 9.80 Å². The predicted octanol–water partition coefficient (Wildman–Crippen LogP) is 4.21. The molecule has 2 aromatic rings. The van der Waals surface area contributed by atoms with Crippen LogP contribution in [0.5, 0.6) is 0 Å². The van der Waals surface area contributed by atoms with Crippen LogP contribution in [0.3, 0.4) is 0 Å². The van der Waals surface area contributed by atoms with Gasteiger partial charge in [0.05, 0.1) is 5.25 Å². The largest absolute Gasteiger partial charge is 0.340 e. The van der Waals surface area contributed by atoms with E-state index < -0.39 is 5.82 Å². The lowest BCUT2D eigenvalue weighted by Gasteiger charge is -2.27. The van der Waals surface area contributed by atoms with Crippen LogP contribution >= 0.6 is 23.4 Å². The lowest BCUT2D eigenvalue weighted by atomic mass is 10.2. The quantitative estimate of drug-likeness (QED) is 0.746. The maximum Gasteiger partial charge on any atom is 0.253 e. The smallest absolute Gasteiger partial charge is 0.253 e. The van der Waals surface area contributed by atoms with Crippen molar-refractivity contribution in [3.63, 3.8) is 0 Å². The van der Waals surface area contributed by atoms with Crippen molar-refractivity contribution in [1.82, 2.24) is 9.80 Å². The Morgan fingerprint density at radius 1 is 1.26 bits per heavy atom. The zero-order chi connectivity index (χ0) is 19.6. The fourth-order valence-electron chi connectivity index (χ4n) is 3.02. The summed E-state index contributed by atoms with van der Waals surface area (Å²) in [6.07, 6.45) is 0. The van der Waals surface area contributed by atoms with E-state index in [2.05, 4.69) is 0 Å². The maximum absolute atomic E-state index is 13.4. The normalized spacial score (nSPS) is 19.4. The summed E-state index contributed by atoms with van der Waals surface area (Å²) in [5.41, 5.74) is 1.18. The predicted molar refractivity (Wildman–Crippen MR) is 106 cm³/mol. The molecule has 27 heavy (non-hydrogen) atoms. The van der Waals surface area contributed by atoms with Crippen LogP contribution in [0.4, 0.5) is 4.39 Å². The SMILES string of the molecule is C[C@@H]1S[C@@H](c2ccccc2Cl)N(CCN(C)C(=O)c2cccc(F)c2)C1=O. The third-order valence-electron chi connectivity index (χ3n) is 4.51. The molecule has 7 heteroatoms. The number of thioether (sulfide) groups is 1. The number of carbonyl (C=O) groups is 2. The Morgan fingerprint density at radius 2 is 2.00 bits per heavy atom. The second kappa shape index (κ2) is 8.31. The average Bonchev–Trinajstić information content (AvgIpc) is 2.93. The average molecular weight is 407 g/mol. The Kier molecular flexibility index (Phi) is 6.07. The molecule has 2 atom stereocenters. The molecule has 1 aliphatic heterocycles. The molecule has 0 N–H and O–H groups in total. The van der Waals surface area contributed by atoms with Crippen LogP contribution in [0.15, 0.2) is 48.5 Å². The second-order valence-corrected chi connectivity index (χ2v) is 8.25. The Labute approximate surface area is 167 Å². The van der Waals surface area contributed by atoms with Crippen LogP contribution < -0.4 is 0 Å². The van der Waals surface area contributed by atoms with E-state index in [0.29, 0.717) is 18.1 Å². The zero-order valence-electron chi connectivity index (χ0n) is 15.1. The summed E-state index contributed by atoms with van der Waals surface area (Å²) in [6.45, 7) is 2.59. The molecule has 142 valence electrons. The third-order valence-corrected chi connectivity index (χ3v) is 6.23. The number of rotatable bonds is 5. The molecule has 0 aromatic heterocycles. The highest BCUT2D eigenvalue weighted by Crippen LogP contribution is 2.44. The minimum absolute atomic E-state index is 0.0246. The van der Waals surface area contributed by atoms with Gasteiger partial charge in [0.25, 0.3) is 5.91 Å². The molecule has 3 rings (SSSR count). The number of benzene rings is 2. The Bertz CT molecular complexity index is 863. The lowest BCUT2D eigenvalue weighted by Crippen LogP contribution is -2.39. The number of carbonyl (C=O) groups excluding carboxylic acids is 2. The highest BCUT2D eigenvalue weighted by atomic mass is 35.5. The first-order valence-corrected chi connectivity index (χ1v) is 9.92. The van der Waals surface area contributed by atoms with E-state index >= 15 is 0 Å². The van der Waals surface area contributed by atoms with Crippen molar-refractivity contribution in [1.29, 1.82) is 0 Å². The molecule has 4 nitrogen and oxygen atoms in total. The molecule has 0 aliphatic carbocycles. The van der Waals surface area contributed by atoms with Gasteiger partial charge in [0.15, 0.2) is 0 Å². The molecule has 0 unspecified atom stereocenters. The van der Waals surface area contributed by atoms with E-state index in [9.17, 15) is 14.0 Å². The fourth-order valence-corrected chi connectivity index (χ4v) is 4.67. The second-order valence-electron chi connectivity index (χ2n) is 6.42. The molecule has 2 aromatic carbocycles. The van der Waals surface area contributed by atoms with E-state index in [-0.39, 0.29) is 28.0 Å². The highest BCUT2D eigenvalue weighted by Gasteiger charge is 2.39. The van der Waals surface area contributed by atoms with E-state index in [1.165, 1.54) is 23.1 Å². The molecule has 0 bridgehead atoms. The molecule has 1 fully saturated rings. The van der Waals surface area contributed by atoms with Gasteiger partial charge in [-0.05, 0) is 31.2 Å². The van der Waals surface area contributed by atoms with Crippen molar-refractivity contribution in [2.24, 2.45) is 0 Å². The van der Waals surface area contributed by atoms with Gasteiger partial charge >= 0.3 is 0 Å². The number of nitrogens with zero attached hydrogens (tertiary/aromatic N) is 2. The molecule has 2 amide bonds. The minimum atomic E-state index is -0.451. The van der Waals surface area contributed by atoms with Gasteiger partial charge in [-0.2, -0.15) is 0 Å². The molecule has 0 spiro atoms. The standard InChI is InChI=1S/C20H20ClFN2O2S/c1-13-18(25)24(20(27-13)16-8-3-4-9-17(16)21)11-10-23(2)19(26)14-6-5-7-15(22)12-14/h3-9,12-13,20H,10-11H2,1-2H3/t13-,20-/m0/s1. The zero-order valence-corrected chi connectivity index (χ0v) is 16.6. The van der Waals surface area contributed by atoms with Gasteiger partial charge in [0.1, 0.15) is 11.2 Å². The monoisotopic (exact) mass is 406 g/mol. The number of likely N-dealkylation sites (N-methyl/N-ethyl adjacent to an activating group) is 1. The summed E-state index contributed by atoms with van der Waals surface area (Å²) in [6, 6.07) is 13.1. The summed E-state index contributed by atoms with van der Waals surface area (Å²) < 4.78 is 13.4. The number of amides is 2. The summed E-state index contributed by atoms with van der Waals surface area (Å²) >= 11 is 7.87. The Hall–Kier alpha value is -2.05. The summed E-state index contributed by atoms with van der Waals surface area (Å²) in [7, 11) is 1.65. The van der Waals surface area contributed by atoms with Gasteiger partial charge in [-0.1, -0.05) is 35.9 Å². The van der Waals surface area contributed by atoms with Crippen LogP contribution in [0.1, 0.15) is 28.2 Å². The van der Waals surface area contributed by atoms with Crippen molar-refractivity contribution in [3.8, 4) is 0 Å². The van der Waals surface area contributed by atoms with Crippen molar-refractivity contribution in [3.05, 3.63) is 70.5 Å². The van der Waals surface area contributed by atoms with Crippen LogP contribution in [-0.2, 0) is 4.79 Å². The summed E-state index contributed by atoms with van der Waals surface area (Å²) in [5.74, 6) is -0.708. The minimum Gasteiger partial charge on any atom is -0.340 e. The van der Waals surface area contributed by atoms with E-state index in [4.69, 9.17) is 11.6 Å². The van der Waals surface area contributed by atoms with Crippen molar-refractivity contribution >= 4 is 35.2 Å². The van der Waals surface area contributed by atoms with Gasteiger partial charge in [-0.15, -0.1) is 11.8 Å². The fraction of sp³-hybridized carbons (Fsp3) is 0.300. The first-order valence-electron chi connectivity index (χ1n) is 8.60. The first kappa shape index (κ1) is 19.7. The molecule has 1 heterocycles. The van der Waals surface area contributed by atoms with E-state index in [0.717, 1.165) is 5.56 Å².